The van der Waals surface area contributed by atoms with Crippen LogP contribution in [0, 0.1) is 5.92 Å². The van der Waals surface area contributed by atoms with Gasteiger partial charge in [0.05, 0.1) is 12.3 Å². The van der Waals surface area contributed by atoms with Crippen LogP contribution in [0.3, 0.4) is 0 Å². The number of carbonyl (C=O) groups is 1. The Morgan fingerprint density at radius 2 is 2.10 bits per heavy atom. The van der Waals surface area contributed by atoms with Gasteiger partial charge in [-0.25, -0.2) is 14.3 Å². The summed E-state index contributed by atoms with van der Waals surface area (Å²) >= 11 is 0. The number of aliphatic hydroxyl groups is 1. The molecule has 10 nitrogen and oxygen atoms in total. The standard InChI is InChI=1S/C20H26N4O6/c1-10(2)8-27-17(26)23-15-12-7-6-11(24(12)22-9-21-15)13-14-20(30-18(3,4)29-14)16(25)19(20,5)28-13/h6-7,9-10,13-14,16,25H,8H2,1-5H3,(H,21,22,23,26)/t13-,14-,16?,19+,20+/m0/s1. The van der Waals surface area contributed by atoms with Crippen molar-refractivity contribution in [1.29, 1.82) is 0 Å². The molecule has 4 heterocycles. The Labute approximate surface area is 173 Å². The molecule has 2 saturated heterocycles. The third-order valence-electron chi connectivity index (χ3n) is 6.06. The first-order chi connectivity index (χ1) is 14.1. The zero-order valence-electron chi connectivity index (χ0n) is 17.6. The smallest absolute Gasteiger partial charge is 0.412 e. The molecule has 2 N–H and O–H groups in total. The fraction of sp³-hybridized carbons (Fsp3) is 0.650. The molecular formula is C20H26N4O6. The molecule has 0 bridgehead atoms. The molecular weight excluding hydrogens is 392 g/mol. The van der Waals surface area contributed by atoms with Gasteiger partial charge < -0.3 is 24.1 Å². The summed E-state index contributed by atoms with van der Waals surface area (Å²) in [5, 5.41) is 17.5. The van der Waals surface area contributed by atoms with Gasteiger partial charge in [0.25, 0.3) is 0 Å². The number of ether oxygens (including phenoxy) is 4. The lowest BCUT2D eigenvalue weighted by molar-refractivity contribution is -0.186. The fourth-order valence-corrected chi connectivity index (χ4v) is 4.67. The number of hydrogen-bond acceptors (Lipinski definition) is 8. The highest BCUT2D eigenvalue weighted by molar-refractivity contribution is 5.88. The number of rotatable bonds is 4. The van der Waals surface area contributed by atoms with Crippen LogP contribution in [-0.4, -0.2) is 61.6 Å². The lowest BCUT2D eigenvalue weighted by Gasteiger charge is -2.24. The maximum absolute atomic E-state index is 12.1. The predicted octanol–water partition coefficient (Wildman–Crippen LogP) is 2.03. The van der Waals surface area contributed by atoms with Crippen molar-refractivity contribution < 1.29 is 28.8 Å². The van der Waals surface area contributed by atoms with Gasteiger partial charge in [-0.3, -0.25) is 5.32 Å². The molecule has 1 spiro atoms. The summed E-state index contributed by atoms with van der Waals surface area (Å²) in [4.78, 5) is 16.2. The molecule has 3 aliphatic rings. The van der Waals surface area contributed by atoms with E-state index in [2.05, 4.69) is 15.4 Å². The Bertz CT molecular complexity index is 1020. The number of amides is 1. The van der Waals surface area contributed by atoms with Crippen LogP contribution < -0.4 is 5.32 Å². The van der Waals surface area contributed by atoms with Gasteiger partial charge in [0.2, 0.25) is 0 Å². The first-order valence-corrected chi connectivity index (χ1v) is 10.1. The quantitative estimate of drug-likeness (QED) is 0.775. The highest BCUT2D eigenvalue weighted by atomic mass is 16.8. The van der Waals surface area contributed by atoms with E-state index in [0.29, 0.717) is 17.9 Å². The van der Waals surface area contributed by atoms with Crippen molar-refractivity contribution in [3.05, 3.63) is 24.2 Å². The second kappa shape index (κ2) is 6.13. The van der Waals surface area contributed by atoms with E-state index in [1.165, 1.54) is 6.33 Å². The van der Waals surface area contributed by atoms with Crippen LogP contribution in [0.15, 0.2) is 18.5 Å². The zero-order chi connectivity index (χ0) is 21.5. The van der Waals surface area contributed by atoms with Crippen LogP contribution in [0.2, 0.25) is 0 Å². The summed E-state index contributed by atoms with van der Waals surface area (Å²) in [5.74, 6) is -0.271. The molecule has 30 heavy (non-hydrogen) atoms. The third kappa shape index (κ3) is 2.54. The summed E-state index contributed by atoms with van der Waals surface area (Å²) in [6, 6.07) is 3.65. The van der Waals surface area contributed by atoms with Gasteiger partial charge in [-0.2, -0.15) is 5.10 Å². The largest absolute Gasteiger partial charge is 0.449 e. The average Bonchev–Trinajstić information content (AvgIpc) is 3.09. The van der Waals surface area contributed by atoms with Crippen molar-refractivity contribution >= 4 is 17.4 Å². The molecule has 1 unspecified atom stereocenters. The minimum Gasteiger partial charge on any atom is -0.449 e. The molecule has 0 radical (unpaired) electrons. The first-order valence-electron chi connectivity index (χ1n) is 10.1. The summed E-state index contributed by atoms with van der Waals surface area (Å²) in [6.07, 6.45) is -0.977. The number of aliphatic hydroxyl groups excluding tert-OH is 1. The van der Waals surface area contributed by atoms with E-state index >= 15 is 0 Å². The van der Waals surface area contributed by atoms with Crippen molar-refractivity contribution in [3.8, 4) is 0 Å². The second-order valence-corrected chi connectivity index (χ2v) is 9.16. The monoisotopic (exact) mass is 418 g/mol. The molecule has 3 fully saturated rings. The van der Waals surface area contributed by atoms with Crippen LogP contribution in [-0.2, 0) is 18.9 Å². The summed E-state index contributed by atoms with van der Waals surface area (Å²) in [7, 11) is 0. The highest BCUT2D eigenvalue weighted by Gasteiger charge is 2.90. The van der Waals surface area contributed by atoms with Crippen molar-refractivity contribution in [3.63, 3.8) is 0 Å². The molecule has 2 aliphatic heterocycles. The lowest BCUT2D eigenvalue weighted by Crippen LogP contribution is -2.32. The van der Waals surface area contributed by atoms with Crippen molar-refractivity contribution in [2.24, 2.45) is 5.92 Å². The fourth-order valence-electron chi connectivity index (χ4n) is 4.67. The Morgan fingerprint density at radius 1 is 1.33 bits per heavy atom. The van der Waals surface area contributed by atoms with E-state index in [1.54, 1.807) is 10.6 Å². The van der Waals surface area contributed by atoms with Crippen LogP contribution in [0.5, 0.6) is 0 Å². The van der Waals surface area contributed by atoms with Crippen LogP contribution >= 0.6 is 0 Å². The van der Waals surface area contributed by atoms with E-state index in [0.717, 1.165) is 5.69 Å². The van der Waals surface area contributed by atoms with Crippen LogP contribution in [0.4, 0.5) is 10.6 Å². The topological polar surface area (TPSA) is 116 Å². The van der Waals surface area contributed by atoms with Crippen molar-refractivity contribution in [2.45, 2.75) is 69.9 Å². The number of aromatic nitrogens is 3. The third-order valence-corrected chi connectivity index (χ3v) is 6.06. The normalized spacial score (nSPS) is 36.0. The summed E-state index contributed by atoms with van der Waals surface area (Å²) in [6.45, 7) is 9.71. The molecule has 1 saturated carbocycles. The van der Waals surface area contributed by atoms with Gasteiger partial charge in [-0.05, 0) is 38.8 Å². The SMILES string of the molecule is CC(C)COC(=O)Nc1ncnn2c([C@@H]3O[C@]4(C)C(O)[C@@]45OC(C)(C)O[C@@H]35)ccc12. The highest BCUT2D eigenvalue weighted by Crippen LogP contribution is 2.70. The number of hydrogen-bond donors (Lipinski definition) is 2. The molecule has 162 valence electrons. The Balaban J connectivity index is 1.45. The van der Waals surface area contributed by atoms with E-state index in [-0.39, 0.29) is 5.92 Å². The number of nitrogens with zero attached hydrogens (tertiary/aromatic N) is 3. The number of carbonyl (C=O) groups excluding carboxylic acids is 1. The Kier molecular flexibility index (Phi) is 4.02. The van der Waals surface area contributed by atoms with Gasteiger partial charge in [0, 0.05) is 0 Å². The van der Waals surface area contributed by atoms with Gasteiger partial charge >= 0.3 is 6.09 Å². The molecule has 5 atom stereocenters. The van der Waals surface area contributed by atoms with Crippen LogP contribution in [0.25, 0.3) is 5.52 Å². The number of fused-ring (bicyclic) bond motifs is 1. The molecule has 2 aromatic rings. The molecule has 1 aliphatic carbocycles. The van der Waals surface area contributed by atoms with E-state index in [4.69, 9.17) is 18.9 Å². The minimum atomic E-state index is -0.903. The molecule has 10 heteroatoms. The average molecular weight is 418 g/mol. The van der Waals surface area contributed by atoms with E-state index in [1.807, 2.05) is 40.7 Å². The molecule has 2 aromatic heterocycles. The van der Waals surface area contributed by atoms with Crippen molar-refractivity contribution in [2.75, 3.05) is 11.9 Å². The van der Waals surface area contributed by atoms with Gasteiger partial charge in [-0.15, -0.1) is 0 Å². The zero-order valence-corrected chi connectivity index (χ0v) is 17.6. The number of nitrogens with one attached hydrogen (secondary N) is 1. The second-order valence-electron chi connectivity index (χ2n) is 9.16. The van der Waals surface area contributed by atoms with Gasteiger partial charge in [0.15, 0.2) is 17.2 Å². The van der Waals surface area contributed by atoms with E-state index in [9.17, 15) is 9.90 Å². The summed E-state index contributed by atoms with van der Waals surface area (Å²) in [5.41, 5.74) is -0.442. The maximum Gasteiger partial charge on any atom is 0.412 e. The van der Waals surface area contributed by atoms with Crippen molar-refractivity contribution in [1.82, 2.24) is 14.6 Å². The first kappa shape index (κ1) is 19.7. The van der Waals surface area contributed by atoms with Gasteiger partial charge in [-0.1, -0.05) is 13.8 Å². The van der Waals surface area contributed by atoms with Crippen LogP contribution in [0.1, 0.15) is 46.4 Å². The van der Waals surface area contributed by atoms with Gasteiger partial charge in [0.1, 0.15) is 35.8 Å². The molecule has 0 aromatic carbocycles. The summed E-state index contributed by atoms with van der Waals surface area (Å²) < 4.78 is 25.3. The Morgan fingerprint density at radius 3 is 2.83 bits per heavy atom. The maximum atomic E-state index is 12.1. The minimum absolute atomic E-state index is 0.230. The Hall–Kier alpha value is -2.27. The van der Waals surface area contributed by atoms with E-state index < -0.39 is 41.4 Å². The predicted molar refractivity (Wildman–Crippen MR) is 104 cm³/mol. The number of anilines is 1. The molecule has 1 amide bonds. The molecule has 5 rings (SSSR count). The lowest BCUT2D eigenvalue weighted by atomic mass is 10.0.